The van der Waals surface area contributed by atoms with E-state index in [0.717, 1.165) is 6.92 Å². The van der Waals surface area contributed by atoms with Crippen molar-refractivity contribution < 1.29 is 13.2 Å². The Bertz CT molecular complexity index is 772. The van der Waals surface area contributed by atoms with E-state index in [1.54, 1.807) is 13.0 Å². The molecular weight excluding hydrogens is 292 g/mol. The highest BCUT2D eigenvalue weighted by Gasteiger charge is 2.30. The second-order valence-corrected chi connectivity index (χ2v) is 6.14. The third-order valence-electron chi connectivity index (χ3n) is 2.67. The molecule has 0 atom stereocenters. The molecule has 1 heterocycles. The van der Waals surface area contributed by atoms with Gasteiger partial charge in [-0.05, 0) is 37.3 Å². The molecule has 2 aromatic rings. The van der Waals surface area contributed by atoms with Gasteiger partial charge in [-0.15, -0.1) is 0 Å². The summed E-state index contributed by atoms with van der Waals surface area (Å²) in [6.07, 6.45) is 1.39. The van der Waals surface area contributed by atoms with Crippen LogP contribution in [-0.2, 0) is 14.8 Å². The molecule has 0 aliphatic carbocycles. The topological polar surface area (TPSA) is 106 Å². The van der Waals surface area contributed by atoms with Gasteiger partial charge in [-0.3, -0.25) is 4.79 Å². The molecule has 7 nitrogen and oxygen atoms in total. The molecule has 1 aromatic carbocycles. The average molecular weight is 306 g/mol. The minimum Gasteiger partial charge on any atom is -0.399 e. The zero-order valence-corrected chi connectivity index (χ0v) is 12.3. The fourth-order valence-corrected chi connectivity index (χ4v) is 3.03. The van der Waals surface area contributed by atoms with Gasteiger partial charge in [0.1, 0.15) is 0 Å². The van der Waals surface area contributed by atoms with Gasteiger partial charge >= 0.3 is 0 Å². The number of nitrogens with zero attached hydrogens (tertiary/aromatic N) is 3. The van der Waals surface area contributed by atoms with Crippen molar-refractivity contribution in [1.29, 1.82) is 0 Å². The fraction of sp³-hybridized carbons (Fsp3) is 0.154. The van der Waals surface area contributed by atoms with Gasteiger partial charge in [0.15, 0.2) is 0 Å². The van der Waals surface area contributed by atoms with Gasteiger partial charge in [0, 0.05) is 24.5 Å². The first-order valence-corrected chi connectivity index (χ1v) is 7.47. The van der Waals surface area contributed by atoms with Gasteiger partial charge in [0.2, 0.25) is 11.9 Å². The molecule has 0 saturated heterocycles. The molecule has 2 rings (SSSR count). The lowest BCUT2D eigenvalue weighted by Gasteiger charge is -2.19. The van der Waals surface area contributed by atoms with Gasteiger partial charge in [0.25, 0.3) is 10.0 Å². The highest BCUT2D eigenvalue weighted by molar-refractivity contribution is 7.93. The summed E-state index contributed by atoms with van der Waals surface area (Å²) >= 11 is 0. The first-order chi connectivity index (χ1) is 9.82. The summed E-state index contributed by atoms with van der Waals surface area (Å²) in [6, 6.07) is 7.16. The van der Waals surface area contributed by atoms with Crippen molar-refractivity contribution in [2.75, 3.05) is 10.0 Å². The highest BCUT2D eigenvalue weighted by atomic mass is 32.2. The van der Waals surface area contributed by atoms with Crippen LogP contribution in [-0.4, -0.2) is 24.3 Å². The van der Waals surface area contributed by atoms with Crippen LogP contribution in [0.1, 0.15) is 12.6 Å². The van der Waals surface area contributed by atoms with Crippen LogP contribution in [0.2, 0.25) is 0 Å². The van der Waals surface area contributed by atoms with E-state index in [1.165, 1.54) is 30.5 Å². The summed E-state index contributed by atoms with van der Waals surface area (Å²) in [4.78, 5) is 19.6. The maximum Gasteiger partial charge on any atom is 0.273 e. The van der Waals surface area contributed by atoms with Crippen LogP contribution in [0.5, 0.6) is 0 Å². The molecule has 0 spiro atoms. The molecule has 0 fully saturated rings. The molecule has 1 aromatic heterocycles. The van der Waals surface area contributed by atoms with E-state index in [2.05, 4.69) is 9.97 Å². The van der Waals surface area contributed by atoms with Crippen LogP contribution in [0.3, 0.4) is 0 Å². The molecular formula is C13H14N4O3S. The summed E-state index contributed by atoms with van der Waals surface area (Å²) in [5.74, 6) is -0.878. The molecule has 0 radical (unpaired) electrons. The summed E-state index contributed by atoms with van der Waals surface area (Å²) < 4.78 is 25.7. The number of rotatable bonds is 3. The van der Waals surface area contributed by atoms with Crippen LogP contribution in [0.15, 0.2) is 41.4 Å². The summed E-state index contributed by atoms with van der Waals surface area (Å²) in [6.45, 7) is 2.82. The normalized spacial score (nSPS) is 11.1. The number of hydrogen-bond donors (Lipinski definition) is 1. The number of hydrogen-bond acceptors (Lipinski definition) is 6. The monoisotopic (exact) mass is 306 g/mol. The van der Waals surface area contributed by atoms with E-state index in [1.807, 2.05) is 0 Å². The Hall–Kier alpha value is -2.48. The molecule has 0 saturated carbocycles. The van der Waals surface area contributed by atoms with Crippen LogP contribution in [0, 0.1) is 6.92 Å². The fourth-order valence-electron chi connectivity index (χ4n) is 1.70. The first kappa shape index (κ1) is 14.9. The Morgan fingerprint density at radius 2 is 1.81 bits per heavy atom. The molecule has 110 valence electrons. The molecule has 2 N–H and O–H groups in total. The summed E-state index contributed by atoms with van der Waals surface area (Å²) in [7, 11) is -4.08. The van der Waals surface area contributed by atoms with Gasteiger partial charge in [-0.25, -0.2) is 18.4 Å². The Balaban J connectivity index is 2.57. The maximum atomic E-state index is 12.6. The number of aromatic nitrogens is 2. The van der Waals surface area contributed by atoms with Crippen molar-refractivity contribution >= 4 is 27.6 Å². The molecule has 21 heavy (non-hydrogen) atoms. The summed E-state index contributed by atoms with van der Waals surface area (Å²) in [5.41, 5.74) is 6.52. The number of benzene rings is 1. The van der Waals surface area contributed by atoms with Gasteiger partial charge in [-0.1, -0.05) is 0 Å². The van der Waals surface area contributed by atoms with Crippen molar-refractivity contribution in [3.8, 4) is 0 Å². The van der Waals surface area contributed by atoms with Crippen LogP contribution >= 0.6 is 0 Å². The van der Waals surface area contributed by atoms with Crippen LogP contribution in [0.25, 0.3) is 0 Å². The van der Waals surface area contributed by atoms with E-state index in [9.17, 15) is 13.2 Å². The van der Waals surface area contributed by atoms with Gasteiger partial charge < -0.3 is 5.73 Å². The Labute approximate surface area is 122 Å². The molecule has 0 unspecified atom stereocenters. The van der Waals surface area contributed by atoms with E-state index >= 15 is 0 Å². The third kappa shape index (κ3) is 3.00. The van der Waals surface area contributed by atoms with Crippen LogP contribution in [0.4, 0.5) is 11.6 Å². The van der Waals surface area contributed by atoms with Gasteiger partial charge in [0.05, 0.1) is 4.90 Å². The Morgan fingerprint density at radius 3 is 2.33 bits per heavy atom. The van der Waals surface area contributed by atoms with E-state index in [0.29, 0.717) is 15.7 Å². The molecule has 1 amide bonds. The standard InChI is InChI=1S/C13H14N4O3S/c1-9-7-8-15-13(16-9)17(10(2)18)21(19,20)12-5-3-11(14)4-6-12/h3-8H,14H2,1-2H3. The van der Waals surface area contributed by atoms with Crippen molar-refractivity contribution in [3.05, 3.63) is 42.2 Å². The number of nitrogen functional groups attached to an aromatic ring is 1. The first-order valence-electron chi connectivity index (χ1n) is 6.03. The smallest absolute Gasteiger partial charge is 0.273 e. The van der Waals surface area contributed by atoms with E-state index in [4.69, 9.17) is 5.73 Å². The van der Waals surface area contributed by atoms with Crippen molar-refractivity contribution in [2.24, 2.45) is 0 Å². The van der Waals surface area contributed by atoms with Crippen molar-refractivity contribution in [2.45, 2.75) is 18.7 Å². The van der Waals surface area contributed by atoms with Crippen molar-refractivity contribution in [1.82, 2.24) is 9.97 Å². The zero-order valence-electron chi connectivity index (χ0n) is 11.5. The van der Waals surface area contributed by atoms with Crippen LogP contribution < -0.4 is 10.0 Å². The average Bonchev–Trinajstić information content (AvgIpc) is 2.38. The highest BCUT2D eigenvalue weighted by Crippen LogP contribution is 2.21. The zero-order chi connectivity index (χ0) is 15.6. The molecule has 0 bridgehead atoms. The lowest BCUT2D eigenvalue weighted by Crippen LogP contribution is -2.36. The SMILES string of the molecule is CC(=O)N(c1nccc(C)n1)S(=O)(=O)c1ccc(N)cc1. The number of carbonyl (C=O) groups is 1. The number of aryl methyl sites for hydroxylation is 1. The Morgan fingerprint density at radius 1 is 1.19 bits per heavy atom. The molecule has 0 aliphatic heterocycles. The number of sulfonamides is 1. The number of nitrogens with two attached hydrogens (primary N) is 1. The second kappa shape index (κ2) is 5.49. The molecule has 0 aliphatic rings. The van der Waals surface area contributed by atoms with E-state index < -0.39 is 15.9 Å². The minimum absolute atomic E-state index is 0.0583. The lowest BCUT2D eigenvalue weighted by molar-refractivity contribution is -0.115. The third-order valence-corrected chi connectivity index (χ3v) is 4.44. The predicted molar refractivity (Wildman–Crippen MR) is 78.0 cm³/mol. The maximum absolute atomic E-state index is 12.6. The quantitative estimate of drug-likeness (QED) is 0.851. The second-order valence-electron chi connectivity index (χ2n) is 4.36. The number of carbonyl (C=O) groups excluding carboxylic acids is 1. The number of amides is 1. The largest absolute Gasteiger partial charge is 0.399 e. The van der Waals surface area contributed by atoms with E-state index in [-0.39, 0.29) is 10.8 Å². The minimum atomic E-state index is -4.08. The summed E-state index contributed by atoms with van der Waals surface area (Å²) in [5, 5.41) is 0. The lowest BCUT2D eigenvalue weighted by atomic mass is 10.3. The van der Waals surface area contributed by atoms with Gasteiger partial charge in [-0.2, -0.15) is 4.31 Å². The Kier molecular flexibility index (Phi) is 3.90. The number of anilines is 2. The molecule has 8 heteroatoms. The predicted octanol–water partition coefficient (Wildman–Crippen LogP) is 1.11. The van der Waals surface area contributed by atoms with Crippen molar-refractivity contribution in [3.63, 3.8) is 0 Å².